The van der Waals surface area contributed by atoms with Crippen LogP contribution in [-0.4, -0.2) is 60.4 Å². The summed E-state index contributed by atoms with van der Waals surface area (Å²) < 4.78 is 24.1. The Morgan fingerprint density at radius 3 is 2.25 bits per heavy atom. The highest BCUT2D eigenvalue weighted by Crippen LogP contribution is 2.28. The lowest BCUT2D eigenvalue weighted by atomic mass is 10.1. The highest BCUT2D eigenvalue weighted by molar-refractivity contribution is 7.90. The number of nitro groups is 1. The predicted octanol–water partition coefficient (Wildman–Crippen LogP) is 1.86. The van der Waals surface area contributed by atoms with Crippen molar-refractivity contribution in [3.05, 3.63) is 63.7 Å². The van der Waals surface area contributed by atoms with Gasteiger partial charge >= 0.3 is 0 Å². The summed E-state index contributed by atoms with van der Waals surface area (Å²) in [5.41, 5.74) is -0.649. The maximum Gasteiger partial charge on any atom is 0.293 e. The fourth-order valence-electron chi connectivity index (χ4n) is 3.40. The molecule has 1 aliphatic heterocycles. The summed E-state index contributed by atoms with van der Waals surface area (Å²) in [5.74, 6) is -1.83. The number of hydrogen-bond donors (Lipinski definition) is 1. The van der Waals surface area contributed by atoms with E-state index in [0.717, 1.165) is 22.3 Å². The molecule has 1 heterocycles. The minimum atomic E-state index is -3.69. The molecule has 2 aromatic carbocycles. The third kappa shape index (κ3) is 4.59. The first-order valence-electron chi connectivity index (χ1n) is 9.49. The molecule has 3 amide bonds. The van der Waals surface area contributed by atoms with Crippen LogP contribution in [0.1, 0.15) is 34.1 Å². The molecule has 0 unspecified atom stereocenters. The van der Waals surface area contributed by atoms with E-state index in [2.05, 4.69) is 5.32 Å². The molecule has 32 heavy (non-hydrogen) atoms. The number of nitrogens with zero attached hydrogens (tertiary/aromatic N) is 3. The standard InChI is InChI=1S/C20H20N4O7S/c1-13(25)21-16-9-8-14(12-17(16)24(28)29)19(26)22-10-5-11-23(22)20(27)15-6-3-4-7-18(15)32(2,30)31/h3-4,6-9,12H,5,10-11H2,1-2H3,(H,21,25). The number of nitro benzene ring substituents is 1. The van der Waals surface area contributed by atoms with E-state index in [-0.39, 0.29) is 34.8 Å². The lowest BCUT2D eigenvalue weighted by molar-refractivity contribution is -0.384. The molecule has 3 rings (SSSR count). The zero-order valence-corrected chi connectivity index (χ0v) is 18.1. The highest BCUT2D eigenvalue weighted by atomic mass is 32.2. The van der Waals surface area contributed by atoms with Crippen LogP contribution in [0.4, 0.5) is 11.4 Å². The summed E-state index contributed by atoms with van der Waals surface area (Å²) >= 11 is 0. The molecule has 1 N–H and O–H groups in total. The second-order valence-electron chi connectivity index (χ2n) is 7.15. The van der Waals surface area contributed by atoms with Crippen molar-refractivity contribution in [1.29, 1.82) is 0 Å². The van der Waals surface area contributed by atoms with Crippen LogP contribution in [0, 0.1) is 10.1 Å². The number of rotatable bonds is 5. The second kappa shape index (κ2) is 8.75. The Kier molecular flexibility index (Phi) is 6.25. The van der Waals surface area contributed by atoms with Crippen LogP contribution in [0.25, 0.3) is 0 Å². The SMILES string of the molecule is CC(=O)Nc1ccc(C(=O)N2CCCN2C(=O)c2ccccc2S(C)(=O)=O)cc1[N+](=O)[O-]. The first kappa shape index (κ1) is 22.9. The molecular formula is C20H20N4O7S. The topological polar surface area (TPSA) is 147 Å². The summed E-state index contributed by atoms with van der Waals surface area (Å²) in [6, 6.07) is 9.28. The maximum absolute atomic E-state index is 13.1. The number of anilines is 1. The van der Waals surface area contributed by atoms with Crippen molar-refractivity contribution in [3.63, 3.8) is 0 Å². The number of hydrazine groups is 1. The molecule has 2 aromatic rings. The minimum absolute atomic E-state index is 0.0538. The lowest BCUT2D eigenvalue weighted by Gasteiger charge is -2.28. The summed E-state index contributed by atoms with van der Waals surface area (Å²) in [5, 5.41) is 16.0. The summed E-state index contributed by atoms with van der Waals surface area (Å²) in [6.07, 6.45) is 1.44. The molecule has 12 heteroatoms. The van der Waals surface area contributed by atoms with E-state index in [1.165, 1.54) is 43.3 Å². The maximum atomic E-state index is 13.1. The van der Waals surface area contributed by atoms with Gasteiger partial charge in [-0.25, -0.2) is 18.4 Å². The average molecular weight is 460 g/mol. The van der Waals surface area contributed by atoms with E-state index in [1.54, 1.807) is 0 Å². The van der Waals surface area contributed by atoms with Gasteiger partial charge in [0.2, 0.25) is 5.91 Å². The van der Waals surface area contributed by atoms with Gasteiger partial charge in [-0.15, -0.1) is 0 Å². The summed E-state index contributed by atoms with van der Waals surface area (Å²) in [7, 11) is -3.69. The Bertz CT molecular complexity index is 1230. The van der Waals surface area contributed by atoms with Crippen LogP contribution < -0.4 is 5.32 Å². The van der Waals surface area contributed by atoms with Crippen LogP contribution in [0.2, 0.25) is 0 Å². The number of nitrogens with one attached hydrogen (secondary N) is 1. The van der Waals surface area contributed by atoms with Crippen molar-refractivity contribution in [2.45, 2.75) is 18.2 Å². The number of sulfone groups is 1. The Morgan fingerprint density at radius 2 is 1.66 bits per heavy atom. The normalized spacial score (nSPS) is 13.7. The fourth-order valence-corrected chi connectivity index (χ4v) is 4.28. The first-order chi connectivity index (χ1) is 15.0. The molecule has 168 valence electrons. The van der Waals surface area contributed by atoms with Crippen LogP contribution >= 0.6 is 0 Å². The van der Waals surface area contributed by atoms with E-state index in [1.807, 2.05) is 0 Å². The Labute approximate surface area is 183 Å². The van der Waals surface area contributed by atoms with Crippen molar-refractivity contribution in [2.24, 2.45) is 0 Å². The molecule has 1 aliphatic rings. The number of amides is 3. The van der Waals surface area contributed by atoms with Gasteiger partial charge in [-0.3, -0.25) is 24.5 Å². The van der Waals surface area contributed by atoms with Gasteiger partial charge in [0, 0.05) is 37.9 Å². The third-order valence-electron chi connectivity index (χ3n) is 4.77. The number of carbonyl (C=O) groups is 3. The zero-order chi connectivity index (χ0) is 23.6. The molecule has 1 saturated heterocycles. The first-order valence-corrected chi connectivity index (χ1v) is 11.4. The minimum Gasteiger partial charge on any atom is -0.321 e. The fraction of sp³-hybridized carbons (Fsp3) is 0.250. The Morgan fingerprint density at radius 1 is 1.03 bits per heavy atom. The zero-order valence-electron chi connectivity index (χ0n) is 17.3. The smallest absolute Gasteiger partial charge is 0.293 e. The van der Waals surface area contributed by atoms with Gasteiger partial charge in [0.05, 0.1) is 15.4 Å². The molecule has 0 spiro atoms. The van der Waals surface area contributed by atoms with Crippen molar-refractivity contribution in [1.82, 2.24) is 10.0 Å². The summed E-state index contributed by atoms with van der Waals surface area (Å²) in [4.78, 5) is 48.0. The Hall–Kier alpha value is -3.80. The van der Waals surface area contributed by atoms with Gasteiger partial charge in [-0.2, -0.15) is 0 Å². The van der Waals surface area contributed by atoms with E-state index in [0.29, 0.717) is 6.42 Å². The number of benzene rings is 2. The van der Waals surface area contributed by atoms with Gasteiger partial charge in [0.1, 0.15) is 5.69 Å². The molecule has 0 atom stereocenters. The second-order valence-corrected chi connectivity index (χ2v) is 9.13. The highest BCUT2D eigenvalue weighted by Gasteiger charge is 2.34. The average Bonchev–Trinajstić information content (AvgIpc) is 3.21. The largest absolute Gasteiger partial charge is 0.321 e. The van der Waals surface area contributed by atoms with Gasteiger partial charge in [-0.05, 0) is 30.7 Å². The molecule has 1 fully saturated rings. The van der Waals surface area contributed by atoms with Gasteiger partial charge in [0.25, 0.3) is 17.5 Å². The van der Waals surface area contributed by atoms with Gasteiger partial charge in [-0.1, -0.05) is 12.1 Å². The summed E-state index contributed by atoms with van der Waals surface area (Å²) in [6.45, 7) is 1.55. The van der Waals surface area contributed by atoms with Crippen molar-refractivity contribution < 1.29 is 27.7 Å². The molecule has 11 nitrogen and oxygen atoms in total. The van der Waals surface area contributed by atoms with Crippen LogP contribution in [0.5, 0.6) is 0 Å². The van der Waals surface area contributed by atoms with E-state index >= 15 is 0 Å². The lowest BCUT2D eigenvalue weighted by Crippen LogP contribution is -2.45. The molecule has 0 bridgehead atoms. The number of carbonyl (C=O) groups excluding carboxylic acids is 3. The molecule has 0 aromatic heterocycles. The van der Waals surface area contributed by atoms with Crippen molar-refractivity contribution >= 4 is 38.9 Å². The van der Waals surface area contributed by atoms with E-state index < -0.39 is 38.2 Å². The van der Waals surface area contributed by atoms with Crippen LogP contribution in [0.15, 0.2) is 47.4 Å². The molecule has 0 aliphatic carbocycles. The molecule has 0 radical (unpaired) electrons. The van der Waals surface area contributed by atoms with Crippen molar-refractivity contribution in [3.8, 4) is 0 Å². The quantitative estimate of drug-likeness (QED) is 0.529. The predicted molar refractivity (Wildman–Crippen MR) is 114 cm³/mol. The van der Waals surface area contributed by atoms with Crippen LogP contribution in [-0.2, 0) is 14.6 Å². The monoisotopic (exact) mass is 460 g/mol. The van der Waals surface area contributed by atoms with Gasteiger partial charge < -0.3 is 5.32 Å². The van der Waals surface area contributed by atoms with E-state index in [4.69, 9.17) is 0 Å². The third-order valence-corrected chi connectivity index (χ3v) is 5.92. The Balaban J connectivity index is 1.95. The molecular weight excluding hydrogens is 440 g/mol. The van der Waals surface area contributed by atoms with Crippen LogP contribution in [0.3, 0.4) is 0 Å². The molecule has 0 saturated carbocycles. The van der Waals surface area contributed by atoms with E-state index in [9.17, 15) is 32.9 Å². The van der Waals surface area contributed by atoms with Crippen molar-refractivity contribution in [2.75, 3.05) is 24.7 Å². The van der Waals surface area contributed by atoms with Gasteiger partial charge in [0.15, 0.2) is 9.84 Å². The number of hydrogen-bond acceptors (Lipinski definition) is 7.